The second-order valence-electron chi connectivity index (χ2n) is 3.97. The predicted octanol–water partition coefficient (Wildman–Crippen LogP) is 5.26. The summed E-state index contributed by atoms with van der Waals surface area (Å²) >= 11 is 14.9. The first-order valence-corrected chi connectivity index (χ1v) is 13.7. The van der Waals surface area contributed by atoms with Crippen LogP contribution in [0.2, 0.25) is 0 Å². The highest BCUT2D eigenvalue weighted by Crippen LogP contribution is 2.66. The first-order valence-electron chi connectivity index (χ1n) is 6.49. The third-order valence-corrected chi connectivity index (χ3v) is 14.2. The Bertz CT molecular complexity index is 485. The van der Waals surface area contributed by atoms with Gasteiger partial charge in [-0.3, -0.25) is 0 Å². The van der Waals surface area contributed by atoms with Gasteiger partial charge >= 0.3 is 0 Å². The number of hydrogen-bond acceptors (Lipinski definition) is 10. The summed E-state index contributed by atoms with van der Waals surface area (Å²) in [6.45, 7) is 0.408. The molecule has 2 N–H and O–H groups in total. The minimum absolute atomic E-state index is 0.204. The van der Waals surface area contributed by atoms with E-state index in [9.17, 15) is 0 Å². The molecule has 0 saturated carbocycles. The number of aliphatic hydroxyl groups is 2. The lowest BCUT2D eigenvalue weighted by Crippen LogP contribution is -1.88. The van der Waals surface area contributed by atoms with Crippen LogP contribution in [0.4, 0.5) is 0 Å². The van der Waals surface area contributed by atoms with Crippen LogP contribution in [0.15, 0.2) is 25.4 Å². The lowest BCUT2D eigenvalue weighted by molar-refractivity contribution is 0.322. The van der Waals surface area contributed by atoms with E-state index in [4.69, 9.17) is 10.2 Å². The Labute approximate surface area is 164 Å². The van der Waals surface area contributed by atoms with E-state index in [2.05, 4.69) is 0 Å². The molecule has 3 aliphatic rings. The first-order chi connectivity index (χ1) is 10.8. The Kier molecular flexibility index (Phi) is 8.16. The quantitative estimate of drug-likeness (QED) is 0.564. The van der Waals surface area contributed by atoms with Gasteiger partial charge in [0.25, 0.3) is 0 Å². The van der Waals surface area contributed by atoms with Gasteiger partial charge in [0.15, 0.2) is 0 Å². The van der Waals surface area contributed by atoms with Crippen molar-refractivity contribution in [1.82, 2.24) is 0 Å². The lowest BCUT2D eigenvalue weighted by atomic mass is 10.9. The molecule has 22 heavy (non-hydrogen) atoms. The average Bonchev–Trinajstić information content (AvgIpc) is 3.14. The molecular weight excluding hydrogens is 433 g/mol. The molecule has 0 saturated heterocycles. The van der Waals surface area contributed by atoms with Gasteiger partial charge in [0, 0.05) is 23.0 Å². The fraction of sp³-hybridized carbons (Fsp3) is 0.500. The summed E-state index contributed by atoms with van der Waals surface area (Å²) in [5.74, 6) is 3.89. The highest BCUT2D eigenvalue weighted by molar-refractivity contribution is 8.45. The Morgan fingerprint density at radius 3 is 1.59 bits per heavy atom. The van der Waals surface area contributed by atoms with Crippen molar-refractivity contribution in [3.8, 4) is 0 Å². The van der Waals surface area contributed by atoms with E-state index in [-0.39, 0.29) is 13.2 Å². The molecule has 122 valence electrons. The van der Waals surface area contributed by atoms with Gasteiger partial charge in [-0.2, -0.15) is 0 Å². The molecule has 0 bridgehead atoms. The molecule has 0 radical (unpaired) electrons. The van der Waals surface area contributed by atoms with Crippen LogP contribution in [0.1, 0.15) is 0 Å². The molecular formula is C12H14O2S8. The van der Waals surface area contributed by atoms with E-state index >= 15 is 0 Å². The summed E-state index contributed by atoms with van der Waals surface area (Å²) in [6, 6.07) is 0. The predicted molar refractivity (Wildman–Crippen MR) is 115 cm³/mol. The molecule has 3 aliphatic heterocycles. The van der Waals surface area contributed by atoms with Gasteiger partial charge in [0.2, 0.25) is 0 Å². The standard InChI is InChI=1S/C12H14O2S8/c13-1-3-15-7-8(16-4-2-14)20-11(19-7)12-21-9-10(22-12)18-6-5-17-9/h13-14H,1-6H2. The molecule has 0 atom stereocenters. The van der Waals surface area contributed by atoms with Gasteiger partial charge in [-0.1, -0.05) is 47.0 Å². The molecule has 3 rings (SSSR count). The summed E-state index contributed by atoms with van der Waals surface area (Å²) < 4.78 is 8.30. The molecule has 3 heterocycles. The van der Waals surface area contributed by atoms with Crippen molar-refractivity contribution in [2.75, 3.05) is 36.2 Å². The van der Waals surface area contributed by atoms with Crippen molar-refractivity contribution >= 4 is 94.1 Å². The maximum Gasteiger partial charge on any atom is 0.0717 e. The third-order valence-electron chi connectivity index (χ3n) is 2.44. The van der Waals surface area contributed by atoms with Crippen LogP contribution in [-0.4, -0.2) is 46.4 Å². The van der Waals surface area contributed by atoms with E-state index in [1.165, 1.54) is 36.9 Å². The summed E-state index contributed by atoms with van der Waals surface area (Å²) in [4.78, 5) is 0. The Hall–Kier alpha value is 1.94. The molecule has 0 amide bonds. The summed E-state index contributed by atoms with van der Waals surface area (Å²) in [5.41, 5.74) is 0. The monoisotopic (exact) mass is 446 g/mol. The minimum Gasteiger partial charge on any atom is -0.396 e. The molecule has 2 nitrogen and oxygen atoms in total. The van der Waals surface area contributed by atoms with Crippen molar-refractivity contribution in [2.24, 2.45) is 0 Å². The topological polar surface area (TPSA) is 40.5 Å². The lowest BCUT2D eigenvalue weighted by Gasteiger charge is -2.08. The van der Waals surface area contributed by atoms with Gasteiger partial charge in [-0.15, -0.1) is 47.0 Å². The molecule has 0 aliphatic carbocycles. The van der Waals surface area contributed by atoms with E-state index in [1.54, 1.807) is 23.5 Å². The fourth-order valence-corrected chi connectivity index (χ4v) is 13.3. The normalized spacial score (nSPS) is 22.1. The SMILES string of the molecule is OCCSC1=C(SCCO)SC(=C2SC3=C(SCCS3)S2)S1. The van der Waals surface area contributed by atoms with E-state index in [1.807, 2.05) is 70.6 Å². The molecule has 0 spiro atoms. The number of rotatable bonds is 6. The van der Waals surface area contributed by atoms with Crippen LogP contribution in [-0.2, 0) is 0 Å². The van der Waals surface area contributed by atoms with Crippen LogP contribution >= 0.6 is 94.1 Å². The van der Waals surface area contributed by atoms with Crippen LogP contribution in [0.5, 0.6) is 0 Å². The summed E-state index contributed by atoms with van der Waals surface area (Å²) in [6.07, 6.45) is 0. The molecule has 0 aromatic rings. The highest BCUT2D eigenvalue weighted by atomic mass is 32.3. The summed E-state index contributed by atoms with van der Waals surface area (Å²) in [7, 11) is 0. The van der Waals surface area contributed by atoms with E-state index in [0.717, 1.165) is 11.5 Å². The van der Waals surface area contributed by atoms with Gasteiger partial charge in [-0.25, -0.2) is 0 Å². The molecule has 0 fully saturated rings. The second-order valence-corrected chi connectivity index (χ2v) is 14.0. The fourth-order valence-electron chi connectivity index (χ4n) is 1.61. The average molecular weight is 447 g/mol. The second kappa shape index (κ2) is 9.59. The van der Waals surface area contributed by atoms with Crippen molar-refractivity contribution < 1.29 is 10.2 Å². The van der Waals surface area contributed by atoms with Crippen LogP contribution < -0.4 is 0 Å². The largest absolute Gasteiger partial charge is 0.396 e. The van der Waals surface area contributed by atoms with Crippen molar-refractivity contribution in [2.45, 2.75) is 0 Å². The van der Waals surface area contributed by atoms with Gasteiger partial charge in [-0.05, 0) is 0 Å². The number of hydrogen-bond donors (Lipinski definition) is 2. The maximum atomic E-state index is 9.07. The van der Waals surface area contributed by atoms with Crippen molar-refractivity contribution in [3.05, 3.63) is 25.4 Å². The van der Waals surface area contributed by atoms with Crippen molar-refractivity contribution in [3.63, 3.8) is 0 Å². The Morgan fingerprint density at radius 2 is 1.14 bits per heavy atom. The van der Waals surface area contributed by atoms with Gasteiger partial charge in [0.1, 0.15) is 0 Å². The highest BCUT2D eigenvalue weighted by Gasteiger charge is 2.31. The molecule has 10 heteroatoms. The zero-order valence-electron chi connectivity index (χ0n) is 11.4. The van der Waals surface area contributed by atoms with Crippen LogP contribution in [0, 0.1) is 0 Å². The van der Waals surface area contributed by atoms with E-state index < -0.39 is 0 Å². The zero-order valence-corrected chi connectivity index (χ0v) is 17.9. The maximum absolute atomic E-state index is 9.07. The Balaban J connectivity index is 1.69. The third kappa shape index (κ3) is 4.76. The molecule has 0 aromatic heterocycles. The zero-order chi connectivity index (χ0) is 15.4. The van der Waals surface area contributed by atoms with Crippen molar-refractivity contribution in [1.29, 1.82) is 0 Å². The Morgan fingerprint density at radius 1 is 0.682 bits per heavy atom. The smallest absolute Gasteiger partial charge is 0.0717 e. The number of thioether (sulfide) groups is 8. The van der Waals surface area contributed by atoms with Crippen LogP contribution in [0.25, 0.3) is 0 Å². The van der Waals surface area contributed by atoms with E-state index in [0.29, 0.717) is 0 Å². The summed E-state index contributed by atoms with van der Waals surface area (Å²) in [5, 5.41) is 18.1. The van der Waals surface area contributed by atoms with Gasteiger partial charge in [0.05, 0.1) is 38.6 Å². The molecule has 0 unspecified atom stereocenters. The minimum atomic E-state index is 0.204. The first kappa shape index (κ1) is 18.7. The number of aliphatic hydroxyl groups excluding tert-OH is 2. The van der Waals surface area contributed by atoms with Crippen LogP contribution in [0.3, 0.4) is 0 Å². The van der Waals surface area contributed by atoms with Gasteiger partial charge < -0.3 is 10.2 Å². The molecule has 0 aromatic carbocycles.